The van der Waals surface area contributed by atoms with Crippen molar-refractivity contribution < 1.29 is 14.2 Å². The third-order valence-electron chi connectivity index (χ3n) is 10.7. The van der Waals surface area contributed by atoms with Crippen LogP contribution in [-0.2, 0) is 21.4 Å². The van der Waals surface area contributed by atoms with E-state index in [4.69, 9.17) is 9.37 Å². The number of amides is 1. The summed E-state index contributed by atoms with van der Waals surface area (Å²) in [5.41, 5.74) is 7.12. The summed E-state index contributed by atoms with van der Waals surface area (Å²) in [6.07, 6.45) is 5.54. The number of ether oxygens (including phenoxy) is 1. The molecule has 2 aliphatic heterocycles. The number of rotatable bonds is 8. The fourth-order valence-corrected chi connectivity index (χ4v) is 8.32. The normalized spacial score (nSPS) is 23.0. The van der Waals surface area contributed by atoms with Crippen LogP contribution in [0, 0.1) is 11.8 Å². The maximum atomic E-state index is 13.8. The fourth-order valence-electron chi connectivity index (χ4n) is 8.32. The van der Waals surface area contributed by atoms with Crippen LogP contribution in [0.25, 0.3) is 16.7 Å². The minimum atomic E-state index is -0.103. The Morgan fingerprint density at radius 3 is 2.76 bits per heavy atom. The summed E-state index contributed by atoms with van der Waals surface area (Å²) in [7, 11) is 0. The summed E-state index contributed by atoms with van der Waals surface area (Å²) in [6.45, 7) is 15.2. The first kappa shape index (κ1) is 30.0. The number of carbonyl (C=O) groups excluding carboxylic acids is 1. The summed E-state index contributed by atoms with van der Waals surface area (Å²) < 4.78 is 13.5. The van der Waals surface area contributed by atoms with Crippen molar-refractivity contribution in [3.05, 3.63) is 58.9 Å². The summed E-state index contributed by atoms with van der Waals surface area (Å²) in [6, 6.07) is 10.8. The molecule has 45 heavy (non-hydrogen) atoms. The van der Waals surface area contributed by atoms with Crippen molar-refractivity contribution >= 4 is 16.9 Å². The van der Waals surface area contributed by atoms with Crippen LogP contribution in [0.1, 0.15) is 88.2 Å². The van der Waals surface area contributed by atoms with Gasteiger partial charge in [0.05, 0.1) is 30.4 Å². The zero-order valence-electron chi connectivity index (χ0n) is 27.0. The quantitative estimate of drug-likeness (QED) is 0.275. The van der Waals surface area contributed by atoms with E-state index < -0.39 is 0 Å². The van der Waals surface area contributed by atoms with Gasteiger partial charge in [-0.15, -0.1) is 5.10 Å². The Bertz CT molecular complexity index is 1670. The zero-order valence-corrected chi connectivity index (χ0v) is 27.0. The molecule has 3 aliphatic rings. The summed E-state index contributed by atoms with van der Waals surface area (Å²) in [5, 5.41) is 20.1. The van der Waals surface area contributed by atoms with Crippen LogP contribution in [0.5, 0.6) is 0 Å². The van der Waals surface area contributed by atoms with Crippen molar-refractivity contribution in [2.45, 2.75) is 83.8 Å². The Morgan fingerprint density at radius 2 is 1.98 bits per heavy atom. The van der Waals surface area contributed by atoms with E-state index in [0.29, 0.717) is 25.0 Å². The molecule has 1 aliphatic carbocycles. The SMILES string of the molecule is CCCC(C(C)C)C(C)(C)c1cc(C2CN3CCN(C(=O)C4CCc5cc(-n6cnnn6)ccc54)CC3CO2)cc2nonc12. The van der Waals surface area contributed by atoms with E-state index in [9.17, 15) is 4.79 Å². The molecule has 2 saturated heterocycles. The van der Waals surface area contributed by atoms with Gasteiger partial charge in [0, 0.05) is 26.2 Å². The molecule has 7 rings (SSSR count). The van der Waals surface area contributed by atoms with Crippen LogP contribution < -0.4 is 0 Å². The van der Waals surface area contributed by atoms with E-state index in [0.717, 1.165) is 73.2 Å². The van der Waals surface area contributed by atoms with Gasteiger partial charge in [0.25, 0.3) is 0 Å². The number of aromatic nitrogens is 6. The van der Waals surface area contributed by atoms with Crippen molar-refractivity contribution in [1.82, 2.24) is 40.3 Å². The van der Waals surface area contributed by atoms with Crippen molar-refractivity contribution in [1.29, 1.82) is 0 Å². The monoisotopic (exact) mass is 612 g/mol. The molecule has 4 heterocycles. The summed E-state index contributed by atoms with van der Waals surface area (Å²) in [5.74, 6) is 1.17. The number of tetrazole rings is 1. The van der Waals surface area contributed by atoms with E-state index in [1.807, 2.05) is 6.07 Å². The number of nitrogens with zero attached hydrogens (tertiary/aromatic N) is 8. The van der Waals surface area contributed by atoms with Crippen LogP contribution in [-0.4, -0.2) is 85.1 Å². The van der Waals surface area contributed by atoms with E-state index in [1.165, 1.54) is 11.1 Å². The van der Waals surface area contributed by atoms with Crippen LogP contribution in [0.4, 0.5) is 0 Å². The summed E-state index contributed by atoms with van der Waals surface area (Å²) in [4.78, 5) is 18.4. The highest BCUT2D eigenvalue weighted by Gasteiger charge is 2.40. The smallest absolute Gasteiger partial charge is 0.230 e. The van der Waals surface area contributed by atoms with Gasteiger partial charge in [-0.05, 0) is 97.7 Å². The predicted octanol–water partition coefficient (Wildman–Crippen LogP) is 4.86. The van der Waals surface area contributed by atoms with E-state index >= 15 is 0 Å². The minimum absolute atomic E-state index is 0.0704. The van der Waals surface area contributed by atoms with Gasteiger partial charge in [0.2, 0.25) is 5.91 Å². The van der Waals surface area contributed by atoms with Gasteiger partial charge in [-0.1, -0.05) is 53.2 Å². The predicted molar refractivity (Wildman–Crippen MR) is 169 cm³/mol. The van der Waals surface area contributed by atoms with Gasteiger partial charge >= 0.3 is 0 Å². The molecule has 0 spiro atoms. The number of morpholine rings is 1. The fraction of sp³-hybridized carbons (Fsp3) is 0.588. The second-order valence-corrected chi connectivity index (χ2v) is 14.0. The molecule has 0 N–H and O–H groups in total. The molecule has 2 aromatic carbocycles. The number of hydrogen-bond donors (Lipinski definition) is 0. The molecular weight excluding hydrogens is 568 g/mol. The highest BCUT2D eigenvalue weighted by atomic mass is 16.6. The molecule has 4 unspecified atom stereocenters. The number of aryl methyl sites for hydroxylation is 1. The Balaban J connectivity index is 1.05. The molecule has 11 heteroatoms. The second-order valence-electron chi connectivity index (χ2n) is 14.0. The van der Waals surface area contributed by atoms with Gasteiger partial charge in [0.15, 0.2) is 0 Å². The third-order valence-corrected chi connectivity index (χ3v) is 10.7. The third kappa shape index (κ3) is 5.43. The molecule has 4 atom stereocenters. The molecule has 2 fully saturated rings. The lowest BCUT2D eigenvalue weighted by molar-refractivity contribution is -0.141. The number of piperazine rings is 1. The number of carbonyl (C=O) groups is 1. The van der Waals surface area contributed by atoms with Crippen LogP contribution in [0.15, 0.2) is 41.3 Å². The van der Waals surface area contributed by atoms with Crippen LogP contribution in [0.2, 0.25) is 0 Å². The highest BCUT2D eigenvalue weighted by molar-refractivity contribution is 5.85. The lowest BCUT2D eigenvalue weighted by Gasteiger charge is -2.46. The second kappa shape index (κ2) is 11.9. The molecule has 0 radical (unpaired) electrons. The lowest BCUT2D eigenvalue weighted by atomic mass is 9.66. The zero-order chi connectivity index (χ0) is 31.3. The Hall–Kier alpha value is -3.70. The van der Waals surface area contributed by atoms with Gasteiger partial charge in [-0.2, -0.15) is 0 Å². The standard InChI is InChI=1S/C34H44N8O3/c1-6-7-28(21(2)3)34(4,5)29-15-23(16-30-32(29)37-45-36-30)31-18-40-12-13-41(17-25(40)19-44-31)33(43)27-10-8-22-14-24(9-11-26(22)27)42-20-35-38-39-42/h9,11,14-16,20-21,25,27-28,31H,6-8,10,12-13,17-19H2,1-5H3. The van der Waals surface area contributed by atoms with E-state index in [-0.39, 0.29) is 29.4 Å². The number of hydrogen-bond acceptors (Lipinski definition) is 9. The maximum Gasteiger partial charge on any atom is 0.230 e. The van der Waals surface area contributed by atoms with E-state index in [2.05, 4.69) is 94.5 Å². The van der Waals surface area contributed by atoms with Crippen LogP contribution in [0.3, 0.4) is 0 Å². The highest BCUT2D eigenvalue weighted by Crippen LogP contribution is 2.43. The first-order chi connectivity index (χ1) is 21.7. The van der Waals surface area contributed by atoms with Crippen molar-refractivity contribution in [3.8, 4) is 5.69 Å². The van der Waals surface area contributed by atoms with Crippen molar-refractivity contribution in [3.63, 3.8) is 0 Å². The maximum absolute atomic E-state index is 13.8. The van der Waals surface area contributed by atoms with Crippen molar-refractivity contribution in [2.24, 2.45) is 11.8 Å². The first-order valence-electron chi connectivity index (χ1n) is 16.5. The summed E-state index contributed by atoms with van der Waals surface area (Å²) >= 11 is 0. The molecule has 1 amide bonds. The molecule has 0 bridgehead atoms. The molecule has 11 nitrogen and oxygen atoms in total. The van der Waals surface area contributed by atoms with Gasteiger partial charge in [0.1, 0.15) is 17.4 Å². The molecule has 4 aromatic rings. The van der Waals surface area contributed by atoms with Gasteiger partial charge in [-0.3, -0.25) is 9.69 Å². The van der Waals surface area contributed by atoms with Gasteiger partial charge in [-0.25, -0.2) is 9.31 Å². The van der Waals surface area contributed by atoms with Crippen LogP contribution >= 0.6 is 0 Å². The number of benzene rings is 2. The van der Waals surface area contributed by atoms with Crippen molar-refractivity contribution in [2.75, 3.05) is 32.8 Å². The lowest BCUT2D eigenvalue weighted by Crippen LogP contribution is -2.60. The Kier molecular flexibility index (Phi) is 7.93. The largest absolute Gasteiger partial charge is 0.370 e. The molecular formula is C34H44N8O3. The van der Waals surface area contributed by atoms with Gasteiger partial charge < -0.3 is 9.64 Å². The number of fused-ring (bicyclic) bond motifs is 3. The first-order valence-corrected chi connectivity index (χ1v) is 16.5. The minimum Gasteiger partial charge on any atom is -0.370 e. The molecule has 2 aromatic heterocycles. The topological polar surface area (TPSA) is 115 Å². The Labute approximate surface area is 264 Å². The molecule has 0 saturated carbocycles. The molecule has 238 valence electrons. The van der Waals surface area contributed by atoms with E-state index in [1.54, 1.807) is 11.0 Å². The average Bonchev–Trinajstić information content (AvgIpc) is 3.83. The average molecular weight is 613 g/mol. The Morgan fingerprint density at radius 1 is 1.11 bits per heavy atom.